The molecule has 1 unspecified atom stereocenters. The topological polar surface area (TPSA) is 49.8 Å². The molecule has 1 heterocycles. The highest BCUT2D eigenvalue weighted by Crippen LogP contribution is 2.63. The van der Waals surface area contributed by atoms with Crippen LogP contribution in [0.15, 0.2) is 40.0 Å². The van der Waals surface area contributed by atoms with Crippen LogP contribution in [0.5, 0.6) is 0 Å². The molecular weight excluding hydrogens is 367 g/mol. The van der Waals surface area contributed by atoms with E-state index in [1.54, 1.807) is 0 Å². The quantitative estimate of drug-likeness (QED) is 0.632. The van der Waals surface area contributed by atoms with Crippen molar-refractivity contribution in [2.24, 2.45) is 11.3 Å². The van der Waals surface area contributed by atoms with Gasteiger partial charge in [-0.25, -0.2) is 0 Å². The molecule has 2 bridgehead atoms. The van der Waals surface area contributed by atoms with Gasteiger partial charge in [0, 0.05) is 11.8 Å². The molecule has 3 nitrogen and oxygen atoms in total. The molecule has 1 aliphatic heterocycles. The second-order valence-corrected chi connectivity index (χ2v) is 7.23. The third-order valence-corrected chi connectivity index (χ3v) is 6.17. The summed E-state index contributed by atoms with van der Waals surface area (Å²) >= 11 is 2.30. The number of epoxide rings is 1. The highest BCUT2D eigenvalue weighted by atomic mass is 127. The molecule has 4 heteroatoms. The molecule has 0 amide bonds. The second kappa shape index (κ2) is 4.15. The van der Waals surface area contributed by atoms with Crippen molar-refractivity contribution in [3.8, 4) is 0 Å². The summed E-state index contributed by atoms with van der Waals surface area (Å²) in [6.45, 7) is 0.371. The van der Waals surface area contributed by atoms with Gasteiger partial charge < -0.3 is 9.84 Å². The van der Waals surface area contributed by atoms with E-state index < -0.39 is 11.0 Å². The molecule has 4 atom stereocenters. The number of benzene rings is 1. The molecule has 0 radical (unpaired) electrons. The van der Waals surface area contributed by atoms with Crippen molar-refractivity contribution in [1.29, 1.82) is 0 Å². The molecule has 3 aliphatic carbocycles. The highest BCUT2D eigenvalue weighted by molar-refractivity contribution is 14.1. The number of rotatable bonds is 2. The van der Waals surface area contributed by atoms with Gasteiger partial charge in [0.2, 0.25) is 0 Å². The Kier molecular flexibility index (Phi) is 2.69. The first-order valence-corrected chi connectivity index (χ1v) is 7.95. The fourth-order valence-electron chi connectivity index (χ4n) is 3.95. The molecule has 1 aromatic rings. The number of carbonyl (C=O) groups excluding carboxylic acids is 1. The lowest BCUT2D eigenvalue weighted by Gasteiger charge is -2.50. The monoisotopic (exact) mass is 382 g/mol. The third kappa shape index (κ3) is 1.45. The number of halogens is 1. The van der Waals surface area contributed by atoms with Gasteiger partial charge >= 0.3 is 0 Å². The van der Waals surface area contributed by atoms with Crippen LogP contribution in [-0.2, 0) is 9.53 Å². The minimum Gasteiger partial charge on any atom is -0.395 e. The van der Waals surface area contributed by atoms with E-state index >= 15 is 0 Å². The van der Waals surface area contributed by atoms with Crippen LogP contribution in [0, 0.1) is 11.3 Å². The Bertz CT molecular complexity index is 605. The van der Waals surface area contributed by atoms with Gasteiger partial charge in [-0.05, 0) is 38.2 Å². The zero-order valence-electron chi connectivity index (χ0n) is 10.9. The zero-order valence-corrected chi connectivity index (χ0v) is 13.0. The van der Waals surface area contributed by atoms with Crippen LogP contribution in [0.2, 0.25) is 0 Å². The molecule has 1 spiro atoms. The average molecular weight is 382 g/mol. The van der Waals surface area contributed by atoms with Gasteiger partial charge in [-0.1, -0.05) is 36.4 Å². The standard InChI is InChI=1S/C16H15IO3/c17-13-7-15(8-18)11(10-4-2-1-3-5-10)6-12(13)16(9-20-16)14(15)19/h1-5,7,11-12,18H,6,8-9H2/t11?,12-,15+,16-/m0/s1. The van der Waals surface area contributed by atoms with E-state index in [0.29, 0.717) is 6.61 Å². The van der Waals surface area contributed by atoms with E-state index in [1.165, 1.54) is 3.58 Å². The molecule has 1 N–H and O–H groups in total. The minimum absolute atomic E-state index is 0.0551. The van der Waals surface area contributed by atoms with Gasteiger partial charge in [-0.2, -0.15) is 0 Å². The van der Waals surface area contributed by atoms with Gasteiger partial charge in [0.25, 0.3) is 0 Å². The second-order valence-electron chi connectivity index (χ2n) is 5.99. The summed E-state index contributed by atoms with van der Waals surface area (Å²) in [4.78, 5) is 12.9. The Morgan fingerprint density at radius 1 is 1.30 bits per heavy atom. The summed E-state index contributed by atoms with van der Waals surface area (Å²) in [5, 5.41) is 10.0. The number of hydrogen-bond acceptors (Lipinski definition) is 3. The fourth-order valence-corrected chi connectivity index (χ4v) is 5.26. The highest BCUT2D eigenvalue weighted by Gasteiger charge is 2.71. The lowest BCUT2D eigenvalue weighted by Crippen LogP contribution is -2.58. The van der Waals surface area contributed by atoms with E-state index in [2.05, 4.69) is 34.7 Å². The van der Waals surface area contributed by atoms with E-state index in [-0.39, 0.29) is 24.2 Å². The molecule has 1 saturated heterocycles. The normalized spacial score (nSPS) is 41.9. The first-order chi connectivity index (χ1) is 9.64. The maximum absolute atomic E-state index is 12.9. The van der Waals surface area contributed by atoms with Crippen molar-refractivity contribution in [2.75, 3.05) is 13.2 Å². The first-order valence-electron chi connectivity index (χ1n) is 6.87. The van der Waals surface area contributed by atoms with E-state index in [1.807, 2.05) is 24.3 Å². The van der Waals surface area contributed by atoms with Crippen molar-refractivity contribution in [2.45, 2.75) is 17.9 Å². The first kappa shape index (κ1) is 13.0. The number of aliphatic hydroxyl groups excluding tert-OH is 1. The van der Waals surface area contributed by atoms with Gasteiger partial charge in [0.15, 0.2) is 11.4 Å². The lowest BCUT2D eigenvalue weighted by atomic mass is 9.53. The zero-order chi connectivity index (χ0) is 14.0. The Hall–Kier alpha value is -0.720. The molecule has 104 valence electrons. The Labute approximate surface area is 131 Å². The maximum atomic E-state index is 12.9. The van der Waals surface area contributed by atoms with Crippen molar-refractivity contribution in [3.63, 3.8) is 0 Å². The number of carbonyl (C=O) groups is 1. The molecule has 2 fully saturated rings. The molecular formula is C16H15IO3. The van der Waals surface area contributed by atoms with Crippen LogP contribution in [-0.4, -0.2) is 29.7 Å². The van der Waals surface area contributed by atoms with E-state index in [9.17, 15) is 9.90 Å². The van der Waals surface area contributed by atoms with Gasteiger partial charge in [-0.3, -0.25) is 4.79 Å². The van der Waals surface area contributed by atoms with E-state index in [0.717, 1.165) is 12.0 Å². The van der Waals surface area contributed by atoms with Crippen molar-refractivity contribution in [3.05, 3.63) is 45.6 Å². The maximum Gasteiger partial charge on any atom is 0.180 e. The summed E-state index contributed by atoms with van der Waals surface area (Å²) in [7, 11) is 0. The number of aliphatic hydroxyl groups is 1. The number of ether oxygens (including phenoxy) is 1. The van der Waals surface area contributed by atoms with Crippen LogP contribution in [0.4, 0.5) is 0 Å². The predicted molar refractivity (Wildman–Crippen MR) is 82.6 cm³/mol. The van der Waals surface area contributed by atoms with E-state index in [4.69, 9.17) is 4.74 Å². The van der Waals surface area contributed by atoms with Crippen LogP contribution in [0.3, 0.4) is 0 Å². The molecule has 0 aromatic heterocycles. The number of ketones is 1. The van der Waals surface area contributed by atoms with Crippen LogP contribution >= 0.6 is 22.6 Å². The Morgan fingerprint density at radius 2 is 2.00 bits per heavy atom. The molecule has 4 aliphatic rings. The summed E-state index contributed by atoms with van der Waals surface area (Å²) < 4.78 is 6.73. The Balaban J connectivity index is 1.87. The SMILES string of the molecule is O=C1[C@@]2(CO)C=C(I)[C@H](CC2c2ccccc2)[C@@]12CO2. The van der Waals surface area contributed by atoms with Crippen molar-refractivity contribution in [1.82, 2.24) is 0 Å². The molecule has 1 saturated carbocycles. The van der Waals surface area contributed by atoms with Gasteiger partial charge in [0.1, 0.15) is 0 Å². The number of Topliss-reactive ketones (excluding diaryl/α,β-unsaturated/α-hetero) is 1. The molecule has 5 rings (SSSR count). The lowest BCUT2D eigenvalue weighted by molar-refractivity contribution is -0.142. The predicted octanol–water partition coefficient (Wildman–Crippen LogP) is 2.44. The van der Waals surface area contributed by atoms with Gasteiger partial charge in [0.05, 0.1) is 18.6 Å². The Morgan fingerprint density at radius 3 is 2.60 bits per heavy atom. The smallest absolute Gasteiger partial charge is 0.180 e. The van der Waals surface area contributed by atoms with Crippen molar-refractivity contribution < 1.29 is 14.6 Å². The van der Waals surface area contributed by atoms with Crippen LogP contribution in [0.25, 0.3) is 0 Å². The van der Waals surface area contributed by atoms with Crippen LogP contribution < -0.4 is 0 Å². The minimum atomic E-state index is -0.802. The summed E-state index contributed by atoms with van der Waals surface area (Å²) in [6.07, 6.45) is 2.87. The fraction of sp³-hybridized carbons (Fsp3) is 0.438. The number of hydrogen-bond donors (Lipinski definition) is 1. The number of fused-ring (bicyclic) bond motifs is 1. The largest absolute Gasteiger partial charge is 0.395 e. The molecule has 1 aromatic carbocycles. The van der Waals surface area contributed by atoms with Gasteiger partial charge in [-0.15, -0.1) is 0 Å². The van der Waals surface area contributed by atoms with Crippen molar-refractivity contribution >= 4 is 28.4 Å². The summed E-state index contributed by atoms with van der Waals surface area (Å²) in [5.41, 5.74) is -0.293. The molecule has 20 heavy (non-hydrogen) atoms. The third-order valence-electron chi connectivity index (χ3n) is 5.11. The average Bonchev–Trinajstić information content (AvgIpc) is 3.26. The summed E-state index contributed by atoms with van der Waals surface area (Å²) in [6, 6.07) is 10.1. The van der Waals surface area contributed by atoms with Crippen LogP contribution in [0.1, 0.15) is 17.9 Å². The summed E-state index contributed by atoms with van der Waals surface area (Å²) in [5.74, 6) is 0.298.